The quantitative estimate of drug-likeness (QED) is 0.423. The van der Waals surface area contributed by atoms with Gasteiger partial charge in [0, 0.05) is 31.5 Å². The highest BCUT2D eigenvalue weighted by molar-refractivity contribution is 5.96. The van der Waals surface area contributed by atoms with Gasteiger partial charge in [0.05, 0.1) is 7.11 Å². The van der Waals surface area contributed by atoms with Crippen LogP contribution in [0.2, 0.25) is 0 Å². The second kappa shape index (κ2) is 11.8. The van der Waals surface area contributed by atoms with Crippen LogP contribution in [0.3, 0.4) is 0 Å². The van der Waals surface area contributed by atoms with Gasteiger partial charge in [-0.15, -0.1) is 0 Å². The van der Waals surface area contributed by atoms with Crippen LogP contribution in [0.1, 0.15) is 59.7 Å². The summed E-state index contributed by atoms with van der Waals surface area (Å²) in [5, 5.41) is 3.01. The van der Waals surface area contributed by atoms with E-state index in [1.807, 2.05) is 24.3 Å². The summed E-state index contributed by atoms with van der Waals surface area (Å²) < 4.78 is 5.43. The minimum Gasteiger partial charge on any atom is -0.496 e. The molecule has 5 heteroatoms. The fourth-order valence-corrected chi connectivity index (χ4v) is 4.48. The smallest absolute Gasteiger partial charge is 0.217 e. The Bertz CT molecular complexity index is 925. The predicted molar refractivity (Wildman–Crippen MR) is 128 cm³/mol. The molecule has 0 saturated heterocycles. The van der Waals surface area contributed by atoms with Crippen LogP contribution in [0.5, 0.6) is 5.75 Å². The number of methoxy groups -OCH3 is 1. The number of hydrogen-bond acceptors (Lipinski definition) is 4. The SMILES string of the molecule is COc1ccccc1CCN(C)CCCCC(=O)c1ccc2c(c1)CCC(NC(C)=O)C2. The molecule has 0 spiro atoms. The van der Waals surface area contributed by atoms with Gasteiger partial charge < -0.3 is 15.0 Å². The molecule has 1 unspecified atom stereocenters. The third-order valence-electron chi connectivity index (χ3n) is 6.31. The molecule has 2 aromatic carbocycles. The topological polar surface area (TPSA) is 58.6 Å². The molecule has 0 aliphatic heterocycles. The van der Waals surface area contributed by atoms with Gasteiger partial charge in [-0.1, -0.05) is 30.3 Å². The summed E-state index contributed by atoms with van der Waals surface area (Å²) in [6, 6.07) is 14.5. The van der Waals surface area contributed by atoms with E-state index in [1.54, 1.807) is 14.0 Å². The molecule has 0 fully saturated rings. The van der Waals surface area contributed by atoms with E-state index in [1.165, 1.54) is 16.7 Å². The lowest BCUT2D eigenvalue weighted by Gasteiger charge is -2.25. The number of nitrogens with zero attached hydrogens (tertiary/aromatic N) is 1. The van der Waals surface area contributed by atoms with Crippen molar-refractivity contribution in [3.63, 3.8) is 0 Å². The molecule has 1 atom stereocenters. The maximum Gasteiger partial charge on any atom is 0.217 e. The maximum absolute atomic E-state index is 12.7. The average molecular weight is 437 g/mol. The number of ketones is 1. The van der Waals surface area contributed by atoms with Gasteiger partial charge in [-0.25, -0.2) is 0 Å². The van der Waals surface area contributed by atoms with Crippen LogP contribution in [-0.4, -0.2) is 49.9 Å². The highest BCUT2D eigenvalue weighted by Crippen LogP contribution is 2.24. The van der Waals surface area contributed by atoms with Gasteiger partial charge in [-0.05, 0) is 80.9 Å². The first-order valence-electron chi connectivity index (χ1n) is 11.7. The van der Waals surface area contributed by atoms with E-state index in [9.17, 15) is 9.59 Å². The number of likely N-dealkylation sites (N-methyl/N-ethyl adjacent to an activating group) is 1. The normalized spacial score (nSPS) is 15.3. The molecule has 0 aromatic heterocycles. The molecule has 0 saturated carbocycles. The van der Waals surface area contributed by atoms with Crippen molar-refractivity contribution >= 4 is 11.7 Å². The lowest BCUT2D eigenvalue weighted by Crippen LogP contribution is -2.37. The maximum atomic E-state index is 12.7. The van der Waals surface area contributed by atoms with Crippen molar-refractivity contribution < 1.29 is 14.3 Å². The number of benzene rings is 2. The van der Waals surface area contributed by atoms with Gasteiger partial charge in [0.15, 0.2) is 5.78 Å². The molecule has 1 amide bonds. The van der Waals surface area contributed by atoms with Crippen molar-refractivity contribution in [2.24, 2.45) is 0 Å². The monoisotopic (exact) mass is 436 g/mol. The lowest BCUT2D eigenvalue weighted by atomic mass is 9.86. The van der Waals surface area contributed by atoms with Gasteiger partial charge in [0.25, 0.3) is 0 Å². The van der Waals surface area contributed by atoms with E-state index >= 15 is 0 Å². The van der Waals surface area contributed by atoms with Crippen molar-refractivity contribution in [3.8, 4) is 5.75 Å². The summed E-state index contributed by atoms with van der Waals surface area (Å²) in [6.07, 6.45) is 6.16. The molecule has 1 N–H and O–H groups in total. The number of carbonyl (C=O) groups excluding carboxylic acids is 2. The molecular weight excluding hydrogens is 400 g/mol. The first kappa shape index (κ1) is 24.0. The van der Waals surface area contributed by atoms with Crippen LogP contribution in [0.25, 0.3) is 0 Å². The summed E-state index contributed by atoms with van der Waals surface area (Å²) in [6.45, 7) is 3.52. The van der Waals surface area contributed by atoms with E-state index < -0.39 is 0 Å². The molecule has 32 heavy (non-hydrogen) atoms. The number of Topliss-reactive ketones (excluding diaryl/α,β-unsaturated/α-hetero) is 1. The van der Waals surface area contributed by atoms with Crippen molar-refractivity contribution in [1.82, 2.24) is 10.2 Å². The molecule has 0 radical (unpaired) electrons. The van der Waals surface area contributed by atoms with Gasteiger partial charge in [0.2, 0.25) is 5.91 Å². The molecule has 2 aromatic rings. The fourth-order valence-electron chi connectivity index (χ4n) is 4.48. The van der Waals surface area contributed by atoms with E-state index in [0.29, 0.717) is 6.42 Å². The third kappa shape index (κ3) is 6.92. The van der Waals surface area contributed by atoms with E-state index in [4.69, 9.17) is 4.74 Å². The van der Waals surface area contributed by atoms with Crippen LogP contribution in [0.15, 0.2) is 42.5 Å². The van der Waals surface area contributed by atoms with Gasteiger partial charge >= 0.3 is 0 Å². The van der Waals surface area contributed by atoms with Gasteiger partial charge in [0.1, 0.15) is 5.75 Å². The second-order valence-electron chi connectivity index (χ2n) is 8.87. The van der Waals surface area contributed by atoms with Crippen LogP contribution in [0, 0.1) is 0 Å². The minimum absolute atomic E-state index is 0.0238. The molecule has 0 heterocycles. The Kier molecular flexibility index (Phi) is 8.86. The first-order valence-corrected chi connectivity index (χ1v) is 11.7. The Hall–Kier alpha value is -2.66. The molecule has 0 bridgehead atoms. The predicted octanol–water partition coefficient (Wildman–Crippen LogP) is 4.22. The molecule has 3 rings (SSSR count). The first-order chi connectivity index (χ1) is 15.5. The molecule has 1 aliphatic rings. The van der Waals surface area contributed by atoms with E-state index in [0.717, 1.165) is 62.9 Å². The summed E-state index contributed by atoms with van der Waals surface area (Å²) in [4.78, 5) is 26.3. The Labute approximate surface area is 192 Å². The average Bonchev–Trinajstić information content (AvgIpc) is 2.79. The standard InChI is InChI=1S/C27H36N2O3/c1-20(30)28-25-14-13-22-18-24(12-11-23(22)19-25)26(31)9-6-7-16-29(2)17-15-21-8-4-5-10-27(21)32-3/h4-5,8,10-12,18,25H,6-7,9,13-17,19H2,1-3H3,(H,28,30). The van der Waals surface area contributed by atoms with Gasteiger partial charge in [-0.3, -0.25) is 9.59 Å². The number of unbranched alkanes of at least 4 members (excludes halogenated alkanes) is 1. The minimum atomic E-state index is 0.0238. The van der Waals surface area contributed by atoms with Crippen LogP contribution >= 0.6 is 0 Å². The Morgan fingerprint density at radius 3 is 2.69 bits per heavy atom. The Morgan fingerprint density at radius 1 is 1.09 bits per heavy atom. The zero-order valence-corrected chi connectivity index (χ0v) is 19.7. The number of ether oxygens (including phenoxy) is 1. The number of rotatable bonds is 11. The van der Waals surface area contributed by atoms with Crippen LogP contribution < -0.4 is 10.1 Å². The van der Waals surface area contributed by atoms with Crippen molar-refractivity contribution in [2.75, 3.05) is 27.2 Å². The molecule has 5 nitrogen and oxygen atoms in total. The highest BCUT2D eigenvalue weighted by Gasteiger charge is 2.20. The van der Waals surface area contributed by atoms with Gasteiger partial charge in [-0.2, -0.15) is 0 Å². The van der Waals surface area contributed by atoms with Crippen LogP contribution in [-0.2, 0) is 24.1 Å². The zero-order valence-electron chi connectivity index (χ0n) is 19.7. The zero-order chi connectivity index (χ0) is 22.9. The van der Waals surface area contributed by atoms with E-state index in [-0.39, 0.29) is 17.7 Å². The number of fused-ring (bicyclic) bond motifs is 1. The number of amides is 1. The third-order valence-corrected chi connectivity index (χ3v) is 6.31. The summed E-state index contributed by atoms with van der Waals surface area (Å²) in [5.74, 6) is 1.20. The number of aryl methyl sites for hydroxylation is 1. The van der Waals surface area contributed by atoms with Crippen molar-refractivity contribution in [3.05, 3.63) is 64.7 Å². The number of carbonyl (C=O) groups is 2. The summed E-state index contributed by atoms with van der Waals surface area (Å²) >= 11 is 0. The molecule has 172 valence electrons. The largest absolute Gasteiger partial charge is 0.496 e. The number of para-hydroxylation sites is 1. The molecular formula is C27H36N2O3. The summed E-state index contributed by atoms with van der Waals surface area (Å²) in [7, 11) is 3.85. The highest BCUT2D eigenvalue weighted by atomic mass is 16.5. The van der Waals surface area contributed by atoms with Crippen molar-refractivity contribution in [2.45, 2.75) is 57.9 Å². The van der Waals surface area contributed by atoms with Crippen molar-refractivity contribution in [1.29, 1.82) is 0 Å². The van der Waals surface area contributed by atoms with E-state index in [2.05, 4.69) is 35.5 Å². The lowest BCUT2D eigenvalue weighted by molar-refractivity contribution is -0.119. The fraction of sp³-hybridized carbons (Fsp3) is 0.481. The number of nitrogens with one attached hydrogen (secondary N) is 1. The molecule has 1 aliphatic carbocycles. The summed E-state index contributed by atoms with van der Waals surface area (Å²) in [5.41, 5.74) is 4.57. The number of hydrogen-bond donors (Lipinski definition) is 1. The Morgan fingerprint density at radius 2 is 1.91 bits per heavy atom. The second-order valence-corrected chi connectivity index (χ2v) is 8.87. The Balaban J connectivity index is 1.39. The van der Waals surface area contributed by atoms with Crippen LogP contribution in [0.4, 0.5) is 0 Å².